The Morgan fingerprint density at radius 2 is 1.93 bits per heavy atom. The summed E-state index contributed by atoms with van der Waals surface area (Å²) in [4.78, 5) is 28.1. The largest absolute Gasteiger partial charge is 0.497 e. The number of benzene rings is 2. The number of hydrogen-bond donors (Lipinski definition) is 0. The highest BCUT2D eigenvalue weighted by atomic mass is 16.5. The lowest BCUT2D eigenvalue weighted by molar-refractivity contribution is 0.0725. The monoisotopic (exact) mass is 363 g/mol. The Morgan fingerprint density at radius 1 is 1.11 bits per heavy atom. The molecule has 1 amide bonds. The number of carbonyl (C=O) groups is 1. The number of amides is 1. The second kappa shape index (κ2) is 6.91. The Bertz CT molecular complexity index is 1070. The molecule has 0 saturated heterocycles. The van der Waals surface area contributed by atoms with Gasteiger partial charge in [0.05, 0.1) is 24.1 Å². The van der Waals surface area contributed by atoms with Crippen LogP contribution in [0, 0.1) is 0 Å². The fraction of sp³-hybridized carbons (Fsp3) is 0.273. The molecule has 1 aliphatic heterocycles. The number of para-hydroxylation sites is 1. The van der Waals surface area contributed by atoms with E-state index < -0.39 is 6.04 Å². The molecular weight excluding hydrogens is 342 g/mol. The van der Waals surface area contributed by atoms with Gasteiger partial charge in [-0.05, 0) is 36.2 Å². The summed E-state index contributed by atoms with van der Waals surface area (Å²) in [6, 6.07) is 14.1. The van der Waals surface area contributed by atoms with Crippen molar-refractivity contribution in [3.8, 4) is 5.75 Å². The van der Waals surface area contributed by atoms with Crippen molar-refractivity contribution >= 4 is 16.9 Å². The predicted octanol–water partition coefficient (Wildman–Crippen LogP) is 4.15. The number of carbonyl (C=O) groups excluding carboxylic acids is 1. The molecule has 27 heavy (non-hydrogen) atoms. The first-order chi connectivity index (χ1) is 13.2. The maximum Gasteiger partial charge on any atom is 0.290 e. The lowest BCUT2D eigenvalue weighted by Gasteiger charge is -2.25. The van der Waals surface area contributed by atoms with Gasteiger partial charge in [-0.1, -0.05) is 37.6 Å². The number of nitrogens with zero attached hydrogens (tertiary/aromatic N) is 1. The van der Waals surface area contributed by atoms with Crippen molar-refractivity contribution in [3.63, 3.8) is 0 Å². The van der Waals surface area contributed by atoms with Crippen LogP contribution in [-0.2, 0) is 0 Å². The van der Waals surface area contributed by atoms with E-state index in [9.17, 15) is 9.59 Å². The standard InChI is InChI=1S/C22H21NO4/c1-3-4-12-23-19(14-8-7-9-15(13-14)26-2)18-20(24)16-10-5-6-11-17(16)27-21(18)22(23)25/h5-11,13,19H,3-4,12H2,1-2H3/t19-/m1/s1. The van der Waals surface area contributed by atoms with Crippen LogP contribution in [0.1, 0.15) is 47.5 Å². The maximum absolute atomic E-state index is 13.3. The maximum atomic E-state index is 13.3. The van der Waals surface area contributed by atoms with Gasteiger partial charge < -0.3 is 14.1 Å². The fourth-order valence-corrected chi connectivity index (χ4v) is 3.68. The average Bonchev–Trinajstić information content (AvgIpc) is 2.99. The smallest absolute Gasteiger partial charge is 0.290 e. The van der Waals surface area contributed by atoms with E-state index in [0.717, 1.165) is 18.4 Å². The molecule has 5 nitrogen and oxygen atoms in total. The number of unbranched alkanes of at least 4 members (excludes halogenated alkanes) is 1. The number of ether oxygens (including phenoxy) is 1. The van der Waals surface area contributed by atoms with Crippen molar-refractivity contribution < 1.29 is 13.9 Å². The van der Waals surface area contributed by atoms with Crippen molar-refractivity contribution in [2.75, 3.05) is 13.7 Å². The Morgan fingerprint density at radius 3 is 2.70 bits per heavy atom. The SMILES string of the molecule is CCCCN1C(=O)c2oc3ccccc3c(=O)c2[C@H]1c1cccc(OC)c1. The van der Waals surface area contributed by atoms with Crippen LogP contribution in [0.15, 0.2) is 57.7 Å². The van der Waals surface area contributed by atoms with E-state index in [2.05, 4.69) is 6.92 Å². The third kappa shape index (κ3) is 2.79. The molecule has 3 aromatic rings. The second-order valence-electron chi connectivity index (χ2n) is 6.70. The topological polar surface area (TPSA) is 59.8 Å². The molecule has 2 heterocycles. The molecule has 1 aromatic heterocycles. The van der Waals surface area contributed by atoms with Crippen LogP contribution in [0.2, 0.25) is 0 Å². The highest BCUT2D eigenvalue weighted by molar-refractivity contribution is 5.99. The van der Waals surface area contributed by atoms with Crippen LogP contribution in [0.3, 0.4) is 0 Å². The summed E-state index contributed by atoms with van der Waals surface area (Å²) >= 11 is 0. The zero-order chi connectivity index (χ0) is 19.0. The van der Waals surface area contributed by atoms with Gasteiger partial charge in [0.15, 0.2) is 5.43 Å². The fourth-order valence-electron chi connectivity index (χ4n) is 3.68. The van der Waals surface area contributed by atoms with Gasteiger partial charge in [-0.15, -0.1) is 0 Å². The molecule has 0 aliphatic carbocycles. The molecule has 0 spiro atoms. The first-order valence-corrected chi connectivity index (χ1v) is 9.16. The van der Waals surface area contributed by atoms with Crippen molar-refractivity contribution in [1.82, 2.24) is 4.90 Å². The minimum Gasteiger partial charge on any atom is -0.497 e. The highest BCUT2D eigenvalue weighted by Gasteiger charge is 2.42. The van der Waals surface area contributed by atoms with Gasteiger partial charge in [0.1, 0.15) is 11.3 Å². The number of hydrogen-bond acceptors (Lipinski definition) is 4. The summed E-state index contributed by atoms with van der Waals surface area (Å²) in [5, 5.41) is 0.495. The summed E-state index contributed by atoms with van der Waals surface area (Å²) in [5.74, 6) is 0.616. The lowest BCUT2D eigenvalue weighted by atomic mass is 9.98. The van der Waals surface area contributed by atoms with E-state index in [-0.39, 0.29) is 17.1 Å². The third-order valence-corrected chi connectivity index (χ3v) is 5.04. The summed E-state index contributed by atoms with van der Waals surface area (Å²) < 4.78 is 11.2. The molecule has 1 aliphatic rings. The van der Waals surface area contributed by atoms with E-state index in [1.54, 1.807) is 36.3 Å². The van der Waals surface area contributed by atoms with Gasteiger partial charge in [0.25, 0.3) is 5.91 Å². The van der Waals surface area contributed by atoms with Crippen molar-refractivity contribution in [2.45, 2.75) is 25.8 Å². The average molecular weight is 363 g/mol. The molecule has 0 unspecified atom stereocenters. The summed E-state index contributed by atoms with van der Waals surface area (Å²) in [6.45, 7) is 2.64. The first-order valence-electron chi connectivity index (χ1n) is 9.16. The van der Waals surface area contributed by atoms with Crippen LogP contribution in [0.25, 0.3) is 11.0 Å². The van der Waals surface area contributed by atoms with E-state index in [1.165, 1.54) is 0 Å². The molecule has 0 radical (unpaired) electrons. The van der Waals surface area contributed by atoms with Gasteiger partial charge in [0.2, 0.25) is 5.76 Å². The zero-order valence-corrected chi connectivity index (χ0v) is 15.4. The van der Waals surface area contributed by atoms with Gasteiger partial charge >= 0.3 is 0 Å². The number of fused-ring (bicyclic) bond motifs is 2. The predicted molar refractivity (Wildman–Crippen MR) is 103 cm³/mol. The van der Waals surface area contributed by atoms with Crippen LogP contribution in [0.5, 0.6) is 5.75 Å². The first kappa shape index (κ1) is 17.3. The summed E-state index contributed by atoms with van der Waals surface area (Å²) in [6.07, 6.45) is 1.81. The van der Waals surface area contributed by atoms with Crippen LogP contribution >= 0.6 is 0 Å². The molecule has 0 fully saturated rings. The molecule has 0 N–H and O–H groups in total. The normalized spacial score (nSPS) is 16.0. The van der Waals surface area contributed by atoms with Crippen LogP contribution in [0.4, 0.5) is 0 Å². The Hall–Kier alpha value is -3.08. The van der Waals surface area contributed by atoms with Gasteiger partial charge in [-0.3, -0.25) is 9.59 Å². The van der Waals surface area contributed by atoms with E-state index >= 15 is 0 Å². The highest BCUT2D eigenvalue weighted by Crippen LogP contribution is 2.39. The Balaban J connectivity index is 1.96. The van der Waals surface area contributed by atoms with Gasteiger partial charge in [0, 0.05) is 6.54 Å². The summed E-state index contributed by atoms with van der Waals surface area (Å²) in [5.41, 5.74) is 1.56. The molecule has 138 valence electrons. The van der Waals surface area contributed by atoms with E-state index in [1.807, 2.05) is 24.3 Å². The Kier molecular flexibility index (Phi) is 4.44. The molecule has 1 atom stereocenters. The molecule has 0 bridgehead atoms. The van der Waals surface area contributed by atoms with Gasteiger partial charge in [-0.25, -0.2) is 0 Å². The van der Waals surface area contributed by atoms with Crippen LogP contribution in [-0.4, -0.2) is 24.5 Å². The van der Waals surface area contributed by atoms with Gasteiger partial charge in [-0.2, -0.15) is 0 Å². The van der Waals surface area contributed by atoms with Crippen molar-refractivity contribution in [3.05, 3.63) is 75.6 Å². The van der Waals surface area contributed by atoms with E-state index in [4.69, 9.17) is 9.15 Å². The lowest BCUT2D eigenvalue weighted by Crippen LogP contribution is -2.30. The third-order valence-electron chi connectivity index (χ3n) is 5.04. The molecule has 0 saturated carbocycles. The Labute approximate surface area is 157 Å². The molecule has 4 rings (SSSR count). The second-order valence-corrected chi connectivity index (χ2v) is 6.70. The van der Waals surface area contributed by atoms with E-state index in [0.29, 0.717) is 28.8 Å². The zero-order valence-electron chi connectivity index (χ0n) is 15.4. The molecule has 5 heteroatoms. The molecule has 2 aromatic carbocycles. The minimum atomic E-state index is -0.463. The quantitative estimate of drug-likeness (QED) is 0.683. The summed E-state index contributed by atoms with van der Waals surface area (Å²) in [7, 11) is 1.60. The molecular formula is C22H21NO4. The number of rotatable bonds is 5. The van der Waals surface area contributed by atoms with Crippen molar-refractivity contribution in [2.24, 2.45) is 0 Å². The number of methoxy groups -OCH3 is 1. The van der Waals surface area contributed by atoms with Crippen LogP contribution < -0.4 is 10.2 Å². The minimum absolute atomic E-state index is 0.146. The van der Waals surface area contributed by atoms with Crippen molar-refractivity contribution in [1.29, 1.82) is 0 Å².